The van der Waals surface area contributed by atoms with Crippen molar-refractivity contribution in [3.8, 4) is 0 Å². The number of aryl methyl sites for hydroxylation is 2. The van der Waals surface area contributed by atoms with Crippen LogP contribution in [0.3, 0.4) is 0 Å². The summed E-state index contributed by atoms with van der Waals surface area (Å²) in [7, 11) is 0. The third kappa shape index (κ3) is 2.42. The number of benzene rings is 1. The van der Waals surface area contributed by atoms with Gasteiger partial charge in [-0.2, -0.15) is 9.78 Å². The first-order chi connectivity index (χ1) is 12.0. The standard InChI is InChI=1S/C18H22N4O3/c1-9-3-2-4-10-11(7-8-20-15(9)10)18(25)22-17(19)14-12(21-22)5-6-13(23)16(14)24/h2-4,11,13,16,20,23-24H,5-8,19H2,1H3. The van der Waals surface area contributed by atoms with Crippen LogP contribution in [0.15, 0.2) is 18.2 Å². The van der Waals surface area contributed by atoms with E-state index in [0.717, 1.165) is 16.8 Å². The molecule has 1 aliphatic heterocycles. The van der Waals surface area contributed by atoms with E-state index in [9.17, 15) is 15.0 Å². The zero-order valence-electron chi connectivity index (χ0n) is 14.1. The molecule has 0 fully saturated rings. The van der Waals surface area contributed by atoms with E-state index >= 15 is 0 Å². The number of anilines is 2. The highest BCUT2D eigenvalue weighted by Gasteiger charge is 2.36. The number of aliphatic hydroxyl groups excluding tert-OH is 2. The Kier molecular flexibility index (Phi) is 3.77. The van der Waals surface area contributed by atoms with Crippen LogP contribution in [0.2, 0.25) is 0 Å². The first-order valence-electron chi connectivity index (χ1n) is 8.60. The average Bonchev–Trinajstić information content (AvgIpc) is 2.95. The zero-order valence-corrected chi connectivity index (χ0v) is 14.1. The first kappa shape index (κ1) is 16.1. The zero-order chi connectivity index (χ0) is 17.7. The predicted octanol–water partition coefficient (Wildman–Crippen LogP) is 1.35. The highest BCUT2D eigenvalue weighted by atomic mass is 16.3. The van der Waals surface area contributed by atoms with Gasteiger partial charge in [0.2, 0.25) is 0 Å². The summed E-state index contributed by atoms with van der Waals surface area (Å²) < 4.78 is 1.22. The molecular formula is C18H22N4O3. The average molecular weight is 342 g/mol. The maximum absolute atomic E-state index is 13.1. The smallest absolute Gasteiger partial charge is 0.256 e. The summed E-state index contributed by atoms with van der Waals surface area (Å²) >= 11 is 0. The lowest BCUT2D eigenvalue weighted by molar-refractivity contribution is 0.00678. The predicted molar refractivity (Wildman–Crippen MR) is 93.6 cm³/mol. The van der Waals surface area contributed by atoms with Crippen molar-refractivity contribution >= 4 is 17.4 Å². The quantitative estimate of drug-likeness (QED) is 0.622. The van der Waals surface area contributed by atoms with Crippen molar-refractivity contribution in [2.45, 2.75) is 44.3 Å². The highest BCUT2D eigenvalue weighted by Crippen LogP contribution is 2.38. The Balaban J connectivity index is 1.75. The lowest BCUT2D eigenvalue weighted by atomic mass is 9.88. The molecule has 0 amide bonds. The molecule has 1 aliphatic carbocycles. The van der Waals surface area contributed by atoms with Crippen LogP contribution in [0.25, 0.3) is 0 Å². The molecule has 2 heterocycles. The number of hydrogen-bond donors (Lipinski definition) is 4. The summed E-state index contributed by atoms with van der Waals surface area (Å²) in [6.45, 7) is 2.72. The summed E-state index contributed by atoms with van der Waals surface area (Å²) in [5, 5.41) is 27.8. The van der Waals surface area contributed by atoms with Crippen molar-refractivity contribution < 1.29 is 15.0 Å². The minimum absolute atomic E-state index is 0.138. The van der Waals surface area contributed by atoms with Gasteiger partial charge in [-0.3, -0.25) is 4.79 Å². The van der Waals surface area contributed by atoms with Gasteiger partial charge < -0.3 is 21.3 Å². The normalized spacial score (nSPS) is 25.0. The number of rotatable bonds is 1. The van der Waals surface area contributed by atoms with Gasteiger partial charge in [0, 0.05) is 17.8 Å². The van der Waals surface area contributed by atoms with E-state index in [0.29, 0.717) is 37.1 Å². The third-order valence-corrected chi connectivity index (χ3v) is 5.29. The van der Waals surface area contributed by atoms with E-state index in [4.69, 9.17) is 5.73 Å². The van der Waals surface area contributed by atoms with Gasteiger partial charge in [0.25, 0.3) is 5.91 Å². The number of carbonyl (C=O) groups is 1. The summed E-state index contributed by atoms with van der Waals surface area (Å²) in [4.78, 5) is 13.1. The Hall–Kier alpha value is -2.38. The molecule has 2 aliphatic rings. The van der Waals surface area contributed by atoms with E-state index in [1.807, 2.05) is 25.1 Å². The van der Waals surface area contributed by atoms with Gasteiger partial charge in [-0.05, 0) is 37.3 Å². The van der Waals surface area contributed by atoms with E-state index in [1.54, 1.807) is 0 Å². The Morgan fingerprint density at radius 1 is 1.36 bits per heavy atom. The molecule has 7 nitrogen and oxygen atoms in total. The second-order valence-electron chi connectivity index (χ2n) is 6.85. The number of nitrogens with two attached hydrogens (primary N) is 1. The number of para-hydroxylation sites is 1. The number of hydrogen-bond acceptors (Lipinski definition) is 6. The minimum atomic E-state index is -1.09. The molecule has 7 heteroatoms. The molecule has 0 saturated carbocycles. The lowest BCUT2D eigenvalue weighted by Crippen LogP contribution is -2.29. The topological polar surface area (TPSA) is 113 Å². The van der Waals surface area contributed by atoms with Gasteiger partial charge in [0.15, 0.2) is 0 Å². The van der Waals surface area contributed by atoms with Crippen LogP contribution in [0.5, 0.6) is 0 Å². The number of aromatic nitrogens is 2. The molecule has 25 heavy (non-hydrogen) atoms. The molecular weight excluding hydrogens is 320 g/mol. The number of carbonyl (C=O) groups excluding carboxylic acids is 1. The van der Waals surface area contributed by atoms with Crippen molar-refractivity contribution in [1.29, 1.82) is 0 Å². The molecule has 0 saturated heterocycles. The minimum Gasteiger partial charge on any atom is -0.390 e. The Morgan fingerprint density at radius 3 is 2.96 bits per heavy atom. The van der Waals surface area contributed by atoms with Crippen molar-refractivity contribution in [2.75, 3.05) is 17.6 Å². The van der Waals surface area contributed by atoms with E-state index in [2.05, 4.69) is 10.4 Å². The van der Waals surface area contributed by atoms with Crippen LogP contribution < -0.4 is 11.1 Å². The second kappa shape index (κ2) is 5.86. The van der Waals surface area contributed by atoms with E-state index < -0.39 is 12.2 Å². The monoisotopic (exact) mass is 342 g/mol. The number of nitrogens with one attached hydrogen (secondary N) is 1. The summed E-state index contributed by atoms with van der Waals surface area (Å²) in [5.41, 5.74) is 10.2. The van der Waals surface area contributed by atoms with Gasteiger partial charge in [0.1, 0.15) is 11.9 Å². The molecule has 3 atom stereocenters. The summed E-state index contributed by atoms with van der Waals surface area (Å²) in [5.74, 6) is -0.386. The van der Waals surface area contributed by atoms with Crippen LogP contribution in [0.4, 0.5) is 11.5 Å². The molecule has 3 unspecified atom stereocenters. The van der Waals surface area contributed by atoms with Crippen molar-refractivity contribution in [1.82, 2.24) is 9.78 Å². The fraction of sp³-hybridized carbons (Fsp3) is 0.444. The first-order valence-corrected chi connectivity index (χ1v) is 8.60. The Bertz CT molecular complexity index is 845. The molecule has 5 N–H and O–H groups in total. The highest BCUT2D eigenvalue weighted by molar-refractivity contribution is 5.90. The number of aliphatic hydroxyl groups is 2. The molecule has 4 rings (SSSR count). The molecule has 0 radical (unpaired) electrons. The number of fused-ring (bicyclic) bond motifs is 2. The van der Waals surface area contributed by atoms with Crippen LogP contribution in [-0.4, -0.2) is 38.5 Å². The van der Waals surface area contributed by atoms with Gasteiger partial charge in [0.05, 0.1) is 17.7 Å². The summed E-state index contributed by atoms with van der Waals surface area (Å²) in [6.07, 6.45) is -0.392. The Labute approximate surface area is 145 Å². The molecule has 1 aromatic heterocycles. The molecule has 2 aromatic rings. The second-order valence-corrected chi connectivity index (χ2v) is 6.85. The van der Waals surface area contributed by atoms with Crippen molar-refractivity contribution in [2.24, 2.45) is 0 Å². The Morgan fingerprint density at radius 2 is 2.16 bits per heavy atom. The molecule has 0 spiro atoms. The van der Waals surface area contributed by atoms with Gasteiger partial charge in [-0.25, -0.2) is 0 Å². The summed E-state index contributed by atoms with van der Waals surface area (Å²) in [6, 6.07) is 5.91. The fourth-order valence-corrected chi connectivity index (χ4v) is 3.92. The maximum Gasteiger partial charge on any atom is 0.256 e. The van der Waals surface area contributed by atoms with Gasteiger partial charge >= 0.3 is 0 Å². The SMILES string of the molecule is Cc1cccc2c1NCCC2C(=O)n1nc2c(c1N)C(O)C(O)CC2. The van der Waals surface area contributed by atoms with Crippen molar-refractivity contribution in [3.05, 3.63) is 40.6 Å². The molecule has 1 aromatic carbocycles. The van der Waals surface area contributed by atoms with Crippen molar-refractivity contribution in [3.63, 3.8) is 0 Å². The largest absolute Gasteiger partial charge is 0.390 e. The van der Waals surface area contributed by atoms with Crippen LogP contribution in [0.1, 0.15) is 52.0 Å². The maximum atomic E-state index is 13.1. The van der Waals surface area contributed by atoms with Crippen LogP contribution in [-0.2, 0) is 6.42 Å². The van der Waals surface area contributed by atoms with Crippen LogP contribution >= 0.6 is 0 Å². The van der Waals surface area contributed by atoms with E-state index in [-0.39, 0.29) is 17.6 Å². The van der Waals surface area contributed by atoms with Gasteiger partial charge in [-0.1, -0.05) is 18.2 Å². The lowest BCUT2D eigenvalue weighted by Gasteiger charge is -2.27. The molecule has 0 bridgehead atoms. The third-order valence-electron chi connectivity index (χ3n) is 5.29. The fourth-order valence-electron chi connectivity index (χ4n) is 3.92. The van der Waals surface area contributed by atoms with Crippen LogP contribution in [0, 0.1) is 6.92 Å². The van der Waals surface area contributed by atoms with Gasteiger partial charge in [-0.15, -0.1) is 0 Å². The number of nitrogens with zero attached hydrogens (tertiary/aromatic N) is 2. The molecule has 132 valence electrons. The number of nitrogen functional groups attached to an aromatic ring is 1. The van der Waals surface area contributed by atoms with E-state index in [1.165, 1.54) is 4.68 Å².